The third-order valence-electron chi connectivity index (χ3n) is 3.26. The minimum absolute atomic E-state index is 0.190. The Bertz CT molecular complexity index is 388. The standard InChI is InChI=1S/C13H28N2O.C7H8.C2H6/c1-11(2)10-13(16)15-9-7-5-6-8-14-12(3)4;1-7-5-3-2-4-6-7;1-2/h11-12,14H,5-10H2,1-4H3,(H,15,16);2-6H,1H3;1-2H3. The Labute approximate surface area is 157 Å². The highest BCUT2D eigenvalue weighted by Gasteiger charge is 2.02. The summed E-state index contributed by atoms with van der Waals surface area (Å²) in [5.41, 5.74) is 1.32. The molecule has 146 valence electrons. The normalized spacial score (nSPS) is 9.80. The maximum Gasteiger partial charge on any atom is 0.220 e. The zero-order valence-electron chi connectivity index (χ0n) is 17.7. The van der Waals surface area contributed by atoms with Gasteiger partial charge in [-0.25, -0.2) is 0 Å². The van der Waals surface area contributed by atoms with Crippen molar-refractivity contribution in [2.45, 2.75) is 80.2 Å². The van der Waals surface area contributed by atoms with Gasteiger partial charge in [0.15, 0.2) is 0 Å². The topological polar surface area (TPSA) is 41.1 Å². The van der Waals surface area contributed by atoms with Crippen LogP contribution in [0, 0.1) is 12.8 Å². The van der Waals surface area contributed by atoms with E-state index in [4.69, 9.17) is 0 Å². The fourth-order valence-corrected chi connectivity index (χ4v) is 2.02. The lowest BCUT2D eigenvalue weighted by Crippen LogP contribution is -2.26. The van der Waals surface area contributed by atoms with E-state index in [0.29, 0.717) is 18.4 Å². The van der Waals surface area contributed by atoms with Crippen molar-refractivity contribution in [1.82, 2.24) is 10.6 Å². The number of benzene rings is 1. The van der Waals surface area contributed by atoms with Crippen LogP contribution in [-0.4, -0.2) is 25.0 Å². The van der Waals surface area contributed by atoms with Crippen molar-refractivity contribution in [3.63, 3.8) is 0 Å². The monoisotopic (exact) mass is 350 g/mol. The summed E-state index contributed by atoms with van der Waals surface area (Å²) in [5, 5.41) is 6.34. The van der Waals surface area contributed by atoms with E-state index in [9.17, 15) is 4.79 Å². The van der Waals surface area contributed by atoms with Gasteiger partial charge < -0.3 is 10.6 Å². The lowest BCUT2D eigenvalue weighted by molar-refractivity contribution is -0.121. The number of carbonyl (C=O) groups excluding carboxylic acids is 1. The van der Waals surface area contributed by atoms with Crippen LogP contribution in [-0.2, 0) is 4.79 Å². The van der Waals surface area contributed by atoms with Crippen molar-refractivity contribution in [1.29, 1.82) is 0 Å². The summed E-state index contributed by atoms with van der Waals surface area (Å²) in [6.45, 7) is 16.4. The van der Waals surface area contributed by atoms with Gasteiger partial charge in [-0.3, -0.25) is 4.79 Å². The second kappa shape index (κ2) is 19.0. The SMILES string of the molecule is CC.CC(C)CC(=O)NCCCCCNC(C)C.Cc1ccccc1. The van der Waals surface area contributed by atoms with E-state index < -0.39 is 0 Å². The summed E-state index contributed by atoms with van der Waals surface area (Å²) in [6.07, 6.45) is 4.11. The van der Waals surface area contributed by atoms with Gasteiger partial charge in [0.05, 0.1) is 0 Å². The second-order valence-electron chi connectivity index (χ2n) is 6.77. The molecule has 0 aliphatic rings. The average molecular weight is 351 g/mol. The Balaban J connectivity index is 0. The molecule has 0 atom stereocenters. The Hall–Kier alpha value is -1.35. The molecule has 0 fully saturated rings. The molecule has 0 saturated carbocycles. The van der Waals surface area contributed by atoms with Gasteiger partial charge in [0.2, 0.25) is 5.91 Å². The van der Waals surface area contributed by atoms with Gasteiger partial charge in [-0.15, -0.1) is 0 Å². The first-order valence-electron chi connectivity index (χ1n) is 9.93. The van der Waals surface area contributed by atoms with E-state index in [-0.39, 0.29) is 5.91 Å². The lowest BCUT2D eigenvalue weighted by Gasteiger charge is -2.08. The lowest BCUT2D eigenvalue weighted by atomic mass is 10.1. The highest BCUT2D eigenvalue weighted by atomic mass is 16.1. The Morgan fingerprint density at radius 1 is 0.920 bits per heavy atom. The van der Waals surface area contributed by atoms with Crippen LogP contribution in [0.5, 0.6) is 0 Å². The Kier molecular flexibility index (Phi) is 19.7. The predicted octanol–water partition coefficient (Wildman–Crippen LogP) is 5.34. The summed E-state index contributed by atoms with van der Waals surface area (Å²) in [6, 6.07) is 10.8. The Morgan fingerprint density at radius 2 is 1.48 bits per heavy atom. The molecule has 3 heteroatoms. The summed E-state index contributed by atoms with van der Waals surface area (Å²) >= 11 is 0. The molecule has 0 radical (unpaired) electrons. The van der Waals surface area contributed by atoms with Crippen molar-refractivity contribution in [2.24, 2.45) is 5.92 Å². The molecule has 0 spiro atoms. The van der Waals surface area contributed by atoms with Crippen molar-refractivity contribution in [3.8, 4) is 0 Å². The van der Waals surface area contributed by atoms with Crippen molar-refractivity contribution < 1.29 is 4.79 Å². The van der Waals surface area contributed by atoms with Crippen molar-refractivity contribution >= 4 is 5.91 Å². The molecule has 0 bridgehead atoms. The van der Waals surface area contributed by atoms with E-state index in [0.717, 1.165) is 19.5 Å². The van der Waals surface area contributed by atoms with Gasteiger partial charge in [-0.2, -0.15) is 0 Å². The molecule has 0 saturated heterocycles. The fourth-order valence-electron chi connectivity index (χ4n) is 2.02. The fraction of sp³-hybridized carbons (Fsp3) is 0.682. The molecule has 0 aromatic heterocycles. The number of rotatable bonds is 9. The second-order valence-corrected chi connectivity index (χ2v) is 6.77. The van der Waals surface area contributed by atoms with Crippen LogP contribution in [0.25, 0.3) is 0 Å². The van der Waals surface area contributed by atoms with Crippen LogP contribution in [0.2, 0.25) is 0 Å². The van der Waals surface area contributed by atoms with Crippen LogP contribution in [0.1, 0.15) is 72.8 Å². The number of hydrogen-bond donors (Lipinski definition) is 2. The van der Waals surface area contributed by atoms with E-state index in [2.05, 4.69) is 57.4 Å². The van der Waals surface area contributed by atoms with Crippen LogP contribution < -0.4 is 10.6 Å². The minimum atomic E-state index is 0.190. The number of hydrogen-bond acceptors (Lipinski definition) is 2. The van der Waals surface area contributed by atoms with E-state index in [1.807, 2.05) is 32.0 Å². The molecule has 1 aromatic rings. The molecule has 1 rings (SSSR count). The molecule has 0 aliphatic carbocycles. The number of carbonyl (C=O) groups is 1. The first-order valence-corrected chi connectivity index (χ1v) is 9.93. The molecule has 25 heavy (non-hydrogen) atoms. The summed E-state index contributed by atoms with van der Waals surface area (Å²) in [7, 11) is 0. The molecule has 3 nitrogen and oxygen atoms in total. The number of nitrogens with one attached hydrogen (secondary N) is 2. The maximum absolute atomic E-state index is 11.3. The van der Waals surface area contributed by atoms with Gasteiger partial charge in [0.1, 0.15) is 0 Å². The Morgan fingerprint density at radius 3 is 1.92 bits per heavy atom. The number of unbranched alkanes of at least 4 members (excludes halogenated alkanes) is 2. The maximum atomic E-state index is 11.3. The van der Waals surface area contributed by atoms with Crippen LogP contribution in [0.3, 0.4) is 0 Å². The highest BCUT2D eigenvalue weighted by molar-refractivity contribution is 5.75. The van der Waals surface area contributed by atoms with Gasteiger partial charge in [0, 0.05) is 19.0 Å². The quantitative estimate of drug-likeness (QED) is 0.590. The molecule has 0 unspecified atom stereocenters. The van der Waals surface area contributed by atoms with E-state index in [1.165, 1.54) is 18.4 Å². The number of amides is 1. The van der Waals surface area contributed by atoms with Crippen molar-refractivity contribution in [3.05, 3.63) is 35.9 Å². The molecule has 1 aromatic carbocycles. The summed E-state index contributed by atoms with van der Waals surface area (Å²) in [5.74, 6) is 0.644. The molecule has 1 amide bonds. The van der Waals surface area contributed by atoms with Gasteiger partial charge >= 0.3 is 0 Å². The first kappa shape index (κ1) is 25.9. The molecular weight excluding hydrogens is 308 g/mol. The zero-order valence-corrected chi connectivity index (χ0v) is 17.7. The molecule has 0 heterocycles. The average Bonchev–Trinajstić information content (AvgIpc) is 2.56. The predicted molar refractivity (Wildman–Crippen MR) is 112 cm³/mol. The highest BCUT2D eigenvalue weighted by Crippen LogP contribution is 1.99. The van der Waals surface area contributed by atoms with E-state index >= 15 is 0 Å². The summed E-state index contributed by atoms with van der Waals surface area (Å²) < 4.78 is 0. The van der Waals surface area contributed by atoms with E-state index in [1.54, 1.807) is 0 Å². The van der Waals surface area contributed by atoms with Gasteiger partial charge in [0.25, 0.3) is 0 Å². The molecule has 2 N–H and O–H groups in total. The van der Waals surface area contributed by atoms with Crippen LogP contribution in [0.15, 0.2) is 30.3 Å². The van der Waals surface area contributed by atoms with Crippen LogP contribution in [0.4, 0.5) is 0 Å². The molecule has 0 aliphatic heterocycles. The molecular formula is C22H42N2O. The van der Waals surface area contributed by atoms with Crippen LogP contribution >= 0.6 is 0 Å². The third kappa shape index (κ3) is 22.6. The summed E-state index contributed by atoms with van der Waals surface area (Å²) in [4.78, 5) is 11.3. The largest absolute Gasteiger partial charge is 0.356 e. The van der Waals surface area contributed by atoms with Crippen molar-refractivity contribution in [2.75, 3.05) is 13.1 Å². The minimum Gasteiger partial charge on any atom is -0.356 e. The number of aryl methyl sites for hydroxylation is 1. The zero-order chi connectivity index (χ0) is 19.5. The first-order chi connectivity index (χ1) is 11.9. The van der Waals surface area contributed by atoms with Gasteiger partial charge in [-0.05, 0) is 32.2 Å². The van der Waals surface area contributed by atoms with Gasteiger partial charge in [-0.1, -0.05) is 83.9 Å². The third-order valence-corrected chi connectivity index (χ3v) is 3.26. The smallest absolute Gasteiger partial charge is 0.220 e.